The summed E-state index contributed by atoms with van der Waals surface area (Å²) in [5.41, 5.74) is -0.0476. The molecule has 1 aromatic heterocycles. The smallest absolute Gasteiger partial charge is 0.256 e. The Kier molecular flexibility index (Phi) is 3.91. The second-order valence-electron chi connectivity index (χ2n) is 3.34. The van der Waals surface area contributed by atoms with E-state index in [-0.39, 0.29) is 5.69 Å². The zero-order valence-electron chi connectivity index (χ0n) is 8.64. The maximum Gasteiger partial charge on any atom is 0.256 e. The van der Waals surface area contributed by atoms with Gasteiger partial charge in [0, 0.05) is 17.5 Å². The number of carbonyl (C=O) groups is 1. The van der Waals surface area contributed by atoms with E-state index in [4.69, 9.17) is 0 Å². The molecular formula is C11H5F3INOS. The van der Waals surface area contributed by atoms with Crippen LogP contribution in [0.4, 0.5) is 18.9 Å². The Morgan fingerprint density at radius 3 is 2.39 bits per heavy atom. The van der Waals surface area contributed by atoms with Gasteiger partial charge in [-0.3, -0.25) is 4.79 Å². The molecule has 2 nitrogen and oxygen atoms in total. The van der Waals surface area contributed by atoms with Gasteiger partial charge in [-0.05, 0) is 28.7 Å². The number of benzene rings is 1. The molecule has 0 unspecified atom stereocenters. The van der Waals surface area contributed by atoms with Crippen molar-refractivity contribution in [2.45, 2.75) is 0 Å². The normalized spacial score (nSPS) is 10.4. The highest BCUT2D eigenvalue weighted by Crippen LogP contribution is 2.21. The van der Waals surface area contributed by atoms with Gasteiger partial charge in [0.1, 0.15) is 5.82 Å². The fourth-order valence-corrected chi connectivity index (χ4v) is 2.57. The second-order valence-corrected chi connectivity index (χ2v) is 6.15. The van der Waals surface area contributed by atoms with Crippen molar-refractivity contribution < 1.29 is 18.0 Å². The lowest BCUT2D eigenvalue weighted by atomic mass is 10.2. The lowest BCUT2D eigenvalue weighted by Gasteiger charge is -2.05. The third kappa shape index (κ3) is 2.83. The monoisotopic (exact) mass is 383 g/mol. The van der Waals surface area contributed by atoms with Crippen LogP contribution >= 0.6 is 33.9 Å². The molecule has 1 amide bonds. The van der Waals surface area contributed by atoms with Gasteiger partial charge in [-0.1, -0.05) is 0 Å². The lowest BCUT2D eigenvalue weighted by molar-refractivity contribution is 0.102. The summed E-state index contributed by atoms with van der Waals surface area (Å²) in [5, 5.41) is 3.78. The van der Waals surface area contributed by atoms with Crippen molar-refractivity contribution >= 4 is 45.5 Å². The van der Waals surface area contributed by atoms with Gasteiger partial charge in [0.05, 0.1) is 14.1 Å². The molecule has 1 aromatic carbocycles. The molecule has 2 aromatic rings. The van der Waals surface area contributed by atoms with Crippen LogP contribution in [0.2, 0.25) is 0 Å². The SMILES string of the molecule is O=C(Nc1cc(F)c(F)cc1F)c1csc(I)c1. The van der Waals surface area contributed by atoms with Crippen molar-refractivity contribution in [2.24, 2.45) is 0 Å². The zero-order valence-corrected chi connectivity index (χ0v) is 11.6. The van der Waals surface area contributed by atoms with Crippen molar-refractivity contribution in [3.05, 3.63) is 49.5 Å². The van der Waals surface area contributed by atoms with E-state index >= 15 is 0 Å². The summed E-state index contributed by atoms with van der Waals surface area (Å²) in [4.78, 5) is 11.7. The third-order valence-electron chi connectivity index (χ3n) is 2.09. The molecule has 0 aliphatic rings. The van der Waals surface area contributed by atoms with Gasteiger partial charge in [0.25, 0.3) is 5.91 Å². The molecule has 18 heavy (non-hydrogen) atoms. The molecule has 0 bridgehead atoms. The Balaban J connectivity index is 2.24. The van der Waals surface area contributed by atoms with Gasteiger partial charge in [-0.25, -0.2) is 13.2 Å². The Bertz CT molecular complexity index is 614. The maximum absolute atomic E-state index is 13.3. The Morgan fingerprint density at radius 2 is 1.78 bits per heavy atom. The molecule has 1 N–H and O–H groups in total. The van der Waals surface area contributed by atoms with Crippen molar-refractivity contribution in [2.75, 3.05) is 5.32 Å². The molecule has 0 aliphatic heterocycles. The zero-order chi connectivity index (χ0) is 13.3. The number of nitrogens with one attached hydrogen (secondary N) is 1. The lowest BCUT2D eigenvalue weighted by Crippen LogP contribution is -2.12. The largest absolute Gasteiger partial charge is 0.319 e. The number of thiophene rings is 1. The second kappa shape index (κ2) is 5.27. The van der Waals surface area contributed by atoms with E-state index in [0.29, 0.717) is 17.7 Å². The van der Waals surface area contributed by atoms with Crippen molar-refractivity contribution in [1.82, 2.24) is 0 Å². The van der Waals surface area contributed by atoms with Crippen molar-refractivity contribution in [3.63, 3.8) is 0 Å². The van der Waals surface area contributed by atoms with Crippen LogP contribution in [0.25, 0.3) is 0 Å². The Morgan fingerprint density at radius 1 is 1.11 bits per heavy atom. The first kappa shape index (κ1) is 13.3. The predicted molar refractivity (Wildman–Crippen MR) is 71.3 cm³/mol. The molecule has 94 valence electrons. The van der Waals surface area contributed by atoms with Crippen molar-refractivity contribution in [3.8, 4) is 0 Å². The summed E-state index contributed by atoms with van der Waals surface area (Å²) in [6.45, 7) is 0. The molecule has 0 radical (unpaired) electrons. The predicted octanol–water partition coefficient (Wildman–Crippen LogP) is 4.02. The molecule has 0 fully saturated rings. The van der Waals surface area contributed by atoms with Crippen LogP contribution in [0.3, 0.4) is 0 Å². The van der Waals surface area contributed by atoms with Gasteiger partial charge in [-0.2, -0.15) is 0 Å². The number of halogens is 4. The number of carbonyl (C=O) groups excluding carboxylic acids is 1. The summed E-state index contributed by atoms with van der Waals surface area (Å²) in [7, 11) is 0. The number of anilines is 1. The fourth-order valence-electron chi connectivity index (χ4n) is 1.24. The average molecular weight is 383 g/mol. The number of amides is 1. The van der Waals surface area contributed by atoms with Gasteiger partial charge in [-0.15, -0.1) is 11.3 Å². The third-order valence-corrected chi connectivity index (χ3v) is 3.88. The highest BCUT2D eigenvalue weighted by atomic mass is 127. The molecule has 7 heteroatoms. The van der Waals surface area contributed by atoms with Crippen molar-refractivity contribution in [1.29, 1.82) is 0 Å². The number of rotatable bonds is 2. The van der Waals surface area contributed by atoms with Crippen LogP contribution in [-0.2, 0) is 0 Å². The van der Waals surface area contributed by atoms with E-state index in [9.17, 15) is 18.0 Å². The van der Waals surface area contributed by atoms with E-state index in [1.54, 1.807) is 11.4 Å². The molecule has 0 saturated carbocycles. The van der Waals surface area contributed by atoms with Gasteiger partial charge in [0.2, 0.25) is 0 Å². The van der Waals surface area contributed by atoms with Crippen LogP contribution in [0.5, 0.6) is 0 Å². The highest BCUT2D eigenvalue weighted by molar-refractivity contribution is 14.1. The maximum atomic E-state index is 13.3. The van der Waals surface area contributed by atoms with Crippen LogP contribution in [0, 0.1) is 20.3 Å². The molecule has 0 aliphatic carbocycles. The minimum Gasteiger partial charge on any atom is -0.319 e. The first-order valence-electron chi connectivity index (χ1n) is 4.67. The first-order valence-corrected chi connectivity index (χ1v) is 6.63. The molecular weight excluding hydrogens is 378 g/mol. The Hall–Kier alpha value is -1.09. The Labute approximate surface area is 118 Å². The number of hydrogen-bond acceptors (Lipinski definition) is 2. The molecule has 0 spiro atoms. The molecule has 2 rings (SSSR count). The van der Waals surface area contributed by atoms with Crippen LogP contribution in [0.15, 0.2) is 23.6 Å². The number of hydrogen-bond donors (Lipinski definition) is 1. The quantitative estimate of drug-likeness (QED) is 0.616. The molecule has 0 atom stereocenters. The standard InChI is InChI=1S/C11H5F3INOS/c12-6-2-8(14)9(3-7(6)13)16-11(17)5-1-10(15)18-4-5/h1-4H,(H,16,17). The summed E-state index contributed by atoms with van der Waals surface area (Å²) in [6.07, 6.45) is 0. The van der Waals surface area contributed by atoms with Crippen LogP contribution < -0.4 is 5.32 Å². The van der Waals surface area contributed by atoms with Gasteiger partial charge < -0.3 is 5.32 Å². The van der Waals surface area contributed by atoms with E-state index in [2.05, 4.69) is 5.32 Å². The minimum atomic E-state index is -1.30. The van der Waals surface area contributed by atoms with Gasteiger partial charge in [0.15, 0.2) is 11.6 Å². The topological polar surface area (TPSA) is 29.1 Å². The average Bonchev–Trinajstić information content (AvgIpc) is 2.73. The minimum absolute atomic E-state index is 0.341. The molecule has 1 heterocycles. The highest BCUT2D eigenvalue weighted by Gasteiger charge is 2.14. The van der Waals surface area contributed by atoms with E-state index in [0.717, 1.165) is 2.88 Å². The summed E-state index contributed by atoms with van der Waals surface area (Å²) in [6, 6.07) is 2.61. The van der Waals surface area contributed by atoms with Crippen LogP contribution in [0.1, 0.15) is 10.4 Å². The van der Waals surface area contributed by atoms with Gasteiger partial charge >= 0.3 is 0 Å². The first-order chi connectivity index (χ1) is 8.47. The summed E-state index contributed by atoms with van der Waals surface area (Å²) < 4.78 is 39.8. The summed E-state index contributed by atoms with van der Waals surface area (Å²) in [5.74, 6) is -4.10. The molecule has 0 saturated heterocycles. The summed E-state index contributed by atoms with van der Waals surface area (Å²) >= 11 is 3.39. The van der Waals surface area contributed by atoms with E-state index in [1.807, 2.05) is 22.6 Å². The van der Waals surface area contributed by atoms with E-state index < -0.39 is 23.4 Å². The van der Waals surface area contributed by atoms with Crippen LogP contribution in [-0.4, -0.2) is 5.91 Å². The fraction of sp³-hybridized carbons (Fsp3) is 0. The van der Waals surface area contributed by atoms with E-state index in [1.165, 1.54) is 11.3 Å².